The van der Waals surface area contributed by atoms with E-state index in [1.807, 2.05) is 0 Å². The number of Topliss-reactive ketones (excluding diaryl/α,β-unsaturated/α-hetero) is 2. The Labute approximate surface area is 141 Å². The number of benzene rings is 1. The van der Waals surface area contributed by atoms with Crippen LogP contribution in [-0.4, -0.2) is 30.8 Å². The van der Waals surface area contributed by atoms with E-state index in [9.17, 15) is 9.59 Å². The summed E-state index contributed by atoms with van der Waals surface area (Å²) in [6.45, 7) is 0. The lowest BCUT2D eigenvalue weighted by molar-refractivity contribution is 0.0819. The summed E-state index contributed by atoms with van der Waals surface area (Å²) in [5.74, 6) is -0.175. The second-order valence-electron chi connectivity index (χ2n) is 5.21. The van der Waals surface area contributed by atoms with Crippen LogP contribution in [0.5, 0.6) is 11.5 Å². The van der Waals surface area contributed by atoms with E-state index in [4.69, 9.17) is 9.47 Å². The van der Waals surface area contributed by atoms with E-state index in [1.165, 1.54) is 14.2 Å². The number of ketones is 2. The number of rotatable bonds is 4. The van der Waals surface area contributed by atoms with E-state index in [0.717, 1.165) is 10.0 Å². The van der Waals surface area contributed by atoms with Crippen LogP contribution in [0.1, 0.15) is 26.4 Å². The molecule has 1 aromatic heterocycles. The minimum absolute atomic E-state index is 0.198. The van der Waals surface area contributed by atoms with Crippen molar-refractivity contribution in [2.24, 2.45) is 5.92 Å². The first-order valence-electron chi connectivity index (χ1n) is 7.00. The van der Waals surface area contributed by atoms with Gasteiger partial charge in [-0.15, -0.1) is 0 Å². The van der Waals surface area contributed by atoms with E-state index < -0.39 is 5.92 Å². The van der Waals surface area contributed by atoms with Crippen molar-refractivity contribution >= 4 is 27.5 Å². The van der Waals surface area contributed by atoms with Gasteiger partial charge in [-0.1, -0.05) is 0 Å². The van der Waals surface area contributed by atoms with Crippen LogP contribution < -0.4 is 9.47 Å². The third kappa shape index (κ3) is 2.74. The van der Waals surface area contributed by atoms with E-state index >= 15 is 0 Å². The van der Waals surface area contributed by atoms with Gasteiger partial charge < -0.3 is 9.47 Å². The number of pyridine rings is 1. The van der Waals surface area contributed by atoms with E-state index in [2.05, 4.69) is 20.9 Å². The summed E-state index contributed by atoms with van der Waals surface area (Å²) < 4.78 is 11.3. The van der Waals surface area contributed by atoms with Gasteiger partial charge in [0, 0.05) is 16.2 Å². The lowest BCUT2D eigenvalue weighted by atomic mass is 9.97. The van der Waals surface area contributed by atoms with Gasteiger partial charge in [0.25, 0.3) is 0 Å². The van der Waals surface area contributed by atoms with Crippen LogP contribution in [0, 0.1) is 5.92 Å². The van der Waals surface area contributed by atoms with Gasteiger partial charge in [-0.05, 0) is 52.2 Å². The monoisotopic (exact) mass is 375 g/mol. The van der Waals surface area contributed by atoms with Crippen LogP contribution in [-0.2, 0) is 6.42 Å². The summed E-state index contributed by atoms with van der Waals surface area (Å²) in [5, 5.41) is 0. The Morgan fingerprint density at radius 3 is 2.52 bits per heavy atom. The van der Waals surface area contributed by atoms with Gasteiger partial charge in [0.2, 0.25) is 0 Å². The molecule has 6 heteroatoms. The zero-order valence-electron chi connectivity index (χ0n) is 12.6. The first kappa shape index (κ1) is 15.7. The molecule has 1 aliphatic rings. The third-order valence-electron chi connectivity index (χ3n) is 3.91. The summed E-state index contributed by atoms with van der Waals surface area (Å²) >= 11 is 3.28. The average Bonchev–Trinajstić information content (AvgIpc) is 2.89. The fourth-order valence-corrected chi connectivity index (χ4v) is 2.97. The molecule has 1 unspecified atom stereocenters. The molecule has 23 heavy (non-hydrogen) atoms. The normalized spacial score (nSPS) is 16.1. The molecule has 5 nitrogen and oxygen atoms in total. The van der Waals surface area contributed by atoms with Crippen molar-refractivity contribution in [2.45, 2.75) is 6.42 Å². The predicted octanol–water partition coefficient (Wildman–Crippen LogP) is 3.10. The maximum Gasteiger partial charge on any atom is 0.192 e. The van der Waals surface area contributed by atoms with Crippen molar-refractivity contribution in [1.29, 1.82) is 0 Å². The molecule has 0 radical (unpaired) electrons. The largest absolute Gasteiger partial charge is 0.493 e. The summed E-state index contributed by atoms with van der Waals surface area (Å²) in [6, 6.07) is 6.75. The molecule has 1 aliphatic carbocycles. The molecule has 0 saturated heterocycles. The minimum atomic E-state index is -0.740. The van der Waals surface area contributed by atoms with Gasteiger partial charge in [-0.25, -0.2) is 0 Å². The van der Waals surface area contributed by atoms with Gasteiger partial charge in [0.15, 0.2) is 23.1 Å². The number of hydrogen-bond acceptors (Lipinski definition) is 5. The molecule has 0 amide bonds. The van der Waals surface area contributed by atoms with Crippen molar-refractivity contribution in [3.05, 3.63) is 51.8 Å². The maximum atomic E-state index is 12.6. The van der Waals surface area contributed by atoms with Crippen LogP contribution in [0.3, 0.4) is 0 Å². The van der Waals surface area contributed by atoms with Crippen molar-refractivity contribution in [1.82, 2.24) is 4.98 Å². The Morgan fingerprint density at radius 1 is 1.22 bits per heavy atom. The molecule has 0 saturated carbocycles. The summed E-state index contributed by atoms with van der Waals surface area (Å²) in [7, 11) is 3.05. The Morgan fingerprint density at radius 2 is 1.91 bits per heavy atom. The lowest BCUT2D eigenvalue weighted by Crippen LogP contribution is -2.21. The van der Waals surface area contributed by atoms with Gasteiger partial charge in [-0.2, -0.15) is 0 Å². The van der Waals surface area contributed by atoms with Crippen LogP contribution >= 0.6 is 15.9 Å². The Bertz CT molecular complexity index is 786. The molecular formula is C17H14BrNO4. The zero-order valence-corrected chi connectivity index (χ0v) is 14.2. The van der Waals surface area contributed by atoms with E-state index in [-0.39, 0.29) is 11.6 Å². The summed E-state index contributed by atoms with van der Waals surface area (Å²) in [4.78, 5) is 29.3. The first-order chi connectivity index (χ1) is 11.0. The molecule has 118 valence electrons. The highest BCUT2D eigenvalue weighted by atomic mass is 79.9. The number of methoxy groups -OCH3 is 2. The highest BCUT2D eigenvalue weighted by molar-refractivity contribution is 9.10. The fraction of sp³-hybridized carbons (Fsp3) is 0.235. The second-order valence-corrected chi connectivity index (χ2v) is 6.13. The molecule has 0 fully saturated rings. The molecular weight excluding hydrogens is 362 g/mol. The SMILES string of the molecule is COc1cc2c(cc1OC)C(=O)C(C(=O)c1ccc(Br)cn1)C2. The second kappa shape index (κ2) is 6.12. The number of hydrogen-bond donors (Lipinski definition) is 0. The van der Waals surface area contributed by atoms with Gasteiger partial charge in [-0.3, -0.25) is 14.6 Å². The predicted molar refractivity (Wildman–Crippen MR) is 87.3 cm³/mol. The van der Waals surface area contributed by atoms with Crippen LogP contribution in [0.25, 0.3) is 0 Å². The smallest absolute Gasteiger partial charge is 0.192 e. The van der Waals surface area contributed by atoms with Crippen molar-refractivity contribution in [3.63, 3.8) is 0 Å². The standard InChI is InChI=1S/C17H14BrNO4/c1-22-14-6-9-5-12(16(20)11(9)7-15(14)23-2)17(21)13-4-3-10(18)8-19-13/h3-4,6-8,12H,5H2,1-2H3. The first-order valence-corrected chi connectivity index (χ1v) is 7.79. The van der Waals surface area contributed by atoms with Crippen molar-refractivity contribution in [3.8, 4) is 11.5 Å². The van der Waals surface area contributed by atoms with Gasteiger partial charge in [0.1, 0.15) is 5.69 Å². The third-order valence-corrected chi connectivity index (χ3v) is 4.38. The lowest BCUT2D eigenvalue weighted by Gasteiger charge is -2.09. The topological polar surface area (TPSA) is 65.5 Å². The number of carbonyl (C=O) groups excluding carboxylic acids is 2. The van der Waals surface area contributed by atoms with Gasteiger partial charge >= 0.3 is 0 Å². The molecule has 1 aromatic carbocycles. The number of nitrogens with zero attached hydrogens (tertiary/aromatic N) is 1. The Kier molecular flexibility index (Phi) is 4.17. The number of ether oxygens (including phenoxy) is 2. The van der Waals surface area contributed by atoms with E-state index in [1.54, 1.807) is 30.5 Å². The number of halogens is 1. The molecule has 0 aliphatic heterocycles. The molecule has 0 spiro atoms. The minimum Gasteiger partial charge on any atom is -0.493 e. The number of aromatic nitrogens is 1. The fourth-order valence-electron chi connectivity index (χ4n) is 2.73. The molecule has 1 atom stereocenters. The average molecular weight is 376 g/mol. The zero-order chi connectivity index (χ0) is 16.6. The molecule has 2 aromatic rings. The molecule has 1 heterocycles. The van der Waals surface area contributed by atoms with Crippen molar-refractivity contribution in [2.75, 3.05) is 14.2 Å². The Hall–Kier alpha value is -2.21. The highest BCUT2D eigenvalue weighted by Crippen LogP contribution is 2.37. The summed E-state index contributed by atoms with van der Waals surface area (Å²) in [5.41, 5.74) is 1.60. The van der Waals surface area contributed by atoms with Crippen LogP contribution in [0.4, 0.5) is 0 Å². The Balaban J connectivity index is 1.94. The number of fused-ring (bicyclic) bond motifs is 1. The van der Waals surface area contributed by atoms with E-state index in [0.29, 0.717) is 29.2 Å². The van der Waals surface area contributed by atoms with Crippen molar-refractivity contribution < 1.29 is 19.1 Å². The molecule has 3 rings (SSSR count). The molecule has 0 N–H and O–H groups in total. The number of carbonyl (C=O) groups is 2. The quantitative estimate of drug-likeness (QED) is 0.606. The van der Waals surface area contributed by atoms with Crippen LogP contribution in [0.15, 0.2) is 34.9 Å². The summed E-state index contributed by atoms with van der Waals surface area (Å²) in [6.07, 6.45) is 1.90. The highest BCUT2D eigenvalue weighted by Gasteiger charge is 2.37. The maximum absolute atomic E-state index is 12.6. The van der Waals surface area contributed by atoms with Crippen LogP contribution in [0.2, 0.25) is 0 Å². The van der Waals surface area contributed by atoms with Gasteiger partial charge in [0.05, 0.1) is 20.1 Å². The molecule has 0 bridgehead atoms.